The van der Waals surface area contributed by atoms with Gasteiger partial charge in [0.05, 0.1) is 17.3 Å². The van der Waals surface area contributed by atoms with Crippen LogP contribution in [0.5, 0.6) is 0 Å². The van der Waals surface area contributed by atoms with E-state index in [9.17, 15) is 18.0 Å². The lowest BCUT2D eigenvalue weighted by atomic mass is 10.1. The van der Waals surface area contributed by atoms with Crippen molar-refractivity contribution >= 4 is 11.6 Å². The maximum atomic E-state index is 12.7. The van der Waals surface area contributed by atoms with E-state index in [-0.39, 0.29) is 11.3 Å². The van der Waals surface area contributed by atoms with Gasteiger partial charge in [0.2, 0.25) is 0 Å². The van der Waals surface area contributed by atoms with Crippen LogP contribution in [0.1, 0.15) is 40.6 Å². The van der Waals surface area contributed by atoms with Gasteiger partial charge in [-0.05, 0) is 66.6 Å². The Hall–Kier alpha value is -3.30. The minimum atomic E-state index is -4.55. The number of benzene rings is 1. The number of nitrogens with zero attached hydrogens (tertiary/aromatic N) is 5. The van der Waals surface area contributed by atoms with Crippen LogP contribution >= 0.6 is 0 Å². The van der Waals surface area contributed by atoms with Crippen molar-refractivity contribution in [1.82, 2.24) is 25.2 Å². The third-order valence-electron chi connectivity index (χ3n) is 4.41. The average Bonchev–Trinajstić information content (AvgIpc) is 3.38. The summed E-state index contributed by atoms with van der Waals surface area (Å²) < 4.78 is 39.9. The minimum Gasteiger partial charge on any atom is -0.322 e. The van der Waals surface area contributed by atoms with Crippen molar-refractivity contribution < 1.29 is 18.0 Å². The summed E-state index contributed by atoms with van der Waals surface area (Å²) in [5, 5.41) is 14.4. The molecule has 0 radical (unpaired) electrons. The molecule has 2 aromatic heterocycles. The van der Waals surface area contributed by atoms with Crippen LogP contribution in [-0.2, 0) is 6.18 Å². The standard InChI is InChI=1S/C18H15F3N6O/c1-10-14(8-9-15(22-10)18(19,20)21)17(28)23-12-4-2-11(3-5-12)16-24-25-26-27(16)13-6-7-13/h2-5,8-9,13H,6-7H2,1H3,(H,23,28). The molecule has 7 nitrogen and oxygen atoms in total. The lowest BCUT2D eigenvalue weighted by molar-refractivity contribution is -0.141. The summed E-state index contributed by atoms with van der Waals surface area (Å²) in [5.41, 5.74) is 0.363. The Bertz CT molecular complexity index is 1020. The molecule has 1 aliphatic carbocycles. The fraction of sp³-hybridized carbons (Fsp3) is 0.278. The highest BCUT2D eigenvalue weighted by molar-refractivity contribution is 6.05. The minimum absolute atomic E-state index is 0.00700. The predicted octanol–water partition coefficient (Wildman–Crippen LogP) is 3.65. The molecule has 144 valence electrons. The zero-order chi connectivity index (χ0) is 19.9. The van der Waals surface area contributed by atoms with Crippen LogP contribution < -0.4 is 5.32 Å². The zero-order valence-electron chi connectivity index (χ0n) is 14.7. The molecule has 0 unspecified atom stereocenters. The first-order chi connectivity index (χ1) is 13.3. The lowest BCUT2D eigenvalue weighted by Gasteiger charge is -2.11. The Kier molecular flexibility index (Phi) is 4.33. The number of hydrogen-bond donors (Lipinski definition) is 1. The number of nitrogens with one attached hydrogen (secondary N) is 1. The average molecular weight is 388 g/mol. The van der Waals surface area contributed by atoms with E-state index >= 15 is 0 Å². The molecule has 3 aromatic rings. The summed E-state index contributed by atoms with van der Waals surface area (Å²) in [5.74, 6) is 0.123. The normalized spacial score (nSPS) is 14.1. The van der Waals surface area contributed by atoms with Gasteiger partial charge in [-0.2, -0.15) is 13.2 Å². The molecule has 28 heavy (non-hydrogen) atoms. The lowest BCUT2D eigenvalue weighted by Crippen LogP contribution is -2.16. The SMILES string of the molecule is Cc1nc(C(F)(F)F)ccc1C(=O)Nc1ccc(-c2nnnn2C2CC2)cc1. The van der Waals surface area contributed by atoms with E-state index in [4.69, 9.17) is 0 Å². The molecule has 1 saturated carbocycles. The second-order valence-electron chi connectivity index (χ2n) is 6.54. The van der Waals surface area contributed by atoms with E-state index < -0.39 is 17.8 Å². The van der Waals surface area contributed by atoms with Crippen molar-refractivity contribution in [3.05, 3.63) is 53.3 Å². The molecule has 1 amide bonds. The summed E-state index contributed by atoms with van der Waals surface area (Å²) >= 11 is 0. The van der Waals surface area contributed by atoms with Gasteiger partial charge in [0, 0.05) is 11.3 Å². The highest BCUT2D eigenvalue weighted by Gasteiger charge is 2.33. The monoisotopic (exact) mass is 388 g/mol. The van der Waals surface area contributed by atoms with E-state index in [2.05, 4.69) is 25.8 Å². The van der Waals surface area contributed by atoms with Crippen LogP contribution in [0.4, 0.5) is 18.9 Å². The summed E-state index contributed by atoms with van der Waals surface area (Å²) in [4.78, 5) is 15.9. The molecule has 4 rings (SSSR count). The fourth-order valence-electron chi connectivity index (χ4n) is 2.81. The van der Waals surface area contributed by atoms with Crippen molar-refractivity contribution in [3.8, 4) is 11.4 Å². The second-order valence-corrected chi connectivity index (χ2v) is 6.54. The molecule has 0 bridgehead atoms. The predicted molar refractivity (Wildman–Crippen MR) is 93.5 cm³/mol. The number of tetrazole rings is 1. The number of rotatable bonds is 4. The van der Waals surface area contributed by atoms with Gasteiger partial charge in [0.25, 0.3) is 5.91 Å². The third kappa shape index (κ3) is 3.57. The van der Waals surface area contributed by atoms with Gasteiger partial charge in [-0.15, -0.1) is 5.10 Å². The second kappa shape index (κ2) is 6.70. The van der Waals surface area contributed by atoms with Crippen molar-refractivity contribution in [3.63, 3.8) is 0 Å². The highest BCUT2D eigenvalue weighted by Crippen LogP contribution is 2.36. The van der Waals surface area contributed by atoms with Gasteiger partial charge in [-0.1, -0.05) is 0 Å². The van der Waals surface area contributed by atoms with E-state index in [0.717, 1.165) is 30.5 Å². The molecule has 1 aliphatic rings. The van der Waals surface area contributed by atoms with Gasteiger partial charge >= 0.3 is 6.18 Å². The number of halogens is 3. The number of aromatic nitrogens is 5. The molecule has 1 fully saturated rings. The summed E-state index contributed by atoms with van der Waals surface area (Å²) in [6, 6.07) is 9.18. The maximum absolute atomic E-state index is 12.7. The number of alkyl halides is 3. The number of pyridine rings is 1. The number of hydrogen-bond acceptors (Lipinski definition) is 5. The van der Waals surface area contributed by atoms with Crippen molar-refractivity contribution in [1.29, 1.82) is 0 Å². The van der Waals surface area contributed by atoms with Gasteiger partial charge in [0.1, 0.15) is 5.69 Å². The smallest absolute Gasteiger partial charge is 0.322 e. The van der Waals surface area contributed by atoms with E-state index in [1.54, 1.807) is 28.9 Å². The van der Waals surface area contributed by atoms with Crippen molar-refractivity contribution in [2.75, 3.05) is 5.32 Å². The van der Waals surface area contributed by atoms with E-state index in [1.165, 1.54) is 6.92 Å². The topological polar surface area (TPSA) is 85.6 Å². The summed E-state index contributed by atoms with van der Waals surface area (Å²) in [6.45, 7) is 1.37. The van der Waals surface area contributed by atoms with Crippen LogP contribution in [0.2, 0.25) is 0 Å². The van der Waals surface area contributed by atoms with Crippen LogP contribution in [0, 0.1) is 6.92 Å². The Labute approximate surface area is 157 Å². The molecular weight excluding hydrogens is 373 g/mol. The molecule has 1 N–H and O–H groups in total. The van der Waals surface area contributed by atoms with Crippen LogP contribution in [0.25, 0.3) is 11.4 Å². The van der Waals surface area contributed by atoms with Crippen LogP contribution in [0.3, 0.4) is 0 Å². The molecule has 0 aliphatic heterocycles. The molecule has 0 spiro atoms. The molecule has 10 heteroatoms. The number of anilines is 1. The number of carbonyl (C=O) groups excluding carboxylic acids is 1. The van der Waals surface area contributed by atoms with Crippen LogP contribution in [-0.4, -0.2) is 31.1 Å². The van der Waals surface area contributed by atoms with Gasteiger partial charge in [-0.3, -0.25) is 4.79 Å². The Balaban J connectivity index is 1.50. The first-order valence-corrected chi connectivity index (χ1v) is 8.57. The quantitative estimate of drug-likeness (QED) is 0.737. The van der Waals surface area contributed by atoms with E-state index in [0.29, 0.717) is 17.6 Å². The van der Waals surface area contributed by atoms with E-state index in [1.807, 2.05) is 0 Å². The summed E-state index contributed by atoms with van der Waals surface area (Å²) in [6.07, 6.45) is -2.45. The number of carbonyl (C=O) groups is 1. The molecule has 1 aromatic carbocycles. The van der Waals surface area contributed by atoms with Crippen molar-refractivity contribution in [2.45, 2.75) is 32.0 Å². The van der Waals surface area contributed by atoms with Crippen molar-refractivity contribution in [2.24, 2.45) is 0 Å². The Morgan fingerprint density at radius 1 is 1.14 bits per heavy atom. The first kappa shape index (κ1) is 18.1. The Morgan fingerprint density at radius 2 is 1.86 bits per heavy atom. The Morgan fingerprint density at radius 3 is 2.46 bits per heavy atom. The molecule has 0 saturated heterocycles. The fourth-order valence-corrected chi connectivity index (χ4v) is 2.81. The molecule has 2 heterocycles. The van der Waals surface area contributed by atoms with Gasteiger partial charge in [-0.25, -0.2) is 9.67 Å². The van der Waals surface area contributed by atoms with Gasteiger partial charge in [0.15, 0.2) is 5.82 Å². The number of aryl methyl sites for hydroxylation is 1. The third-order valence-corrected chi connectivity index (χ3v) is 4.41. The molecular formula is C18H15F3N6O. The van der Waals surface area contributed by atoms with Crippen LogP contribution in [0.15, 0.2) is 36.4 Å². The maximum Gasteiger partial charge on any atom is 0.433 e. The highest BCUT2D eigenvalue weighted by atomic mass is 19.4. The molecule has 0 atom stereocenters. The zero-order valence-corrected chi connectivity index (χ0v) is 14.7. The first-order valence-electron chi connectivity index (χ1n) is 8.57. The number of amides is 1. The summed E-state index contributed by atoms with van der Waals surface area (Å²) in [7, 11) is 0. The largest absolute Gasteiger partial charge is 0.433 e. The van der Waals surface area contributed by atoms with Gasteiger partial charge < -0.3 is 5.32 Å².